The van der Waals surface area contributed by atoms with Gasteiger partial charge in [-0.3, -0.25) is 9.59 Å². The molecule has 9 heteroatoms. The van der Waals surface area contributed by atoms with E-state index in [0.29, 0.717) is 25.2 Å². The summed E-state index contributed by atoms with van der Waals surface area (Å²) in [6, 6.07) is 0. The molecule has 2 aromatic rings. The summed E-state index contributed by atoms with van der Waals surface area (Å²) in [5, 5.41) is 7.84. The summed E-state index contributed by atoms with van der Waals surface area (Å²) in [6.45, 7) is 5.51. The summed E-state index contributed by atoms with van der Waals surface area (Å²) in [4.78, 5) is 36.8. The number of rotatable bonds is 6. The van der Waals surface area contributed by atoms with Gasteiger partial charge in [-0.2, -0.15) is 4.98 Å². The van der Waals surface area contributed by atoms with E-state index in [1.807, 2.05) is 11.8 Å². The first kappa shape index (κ1) is 18.6. The Bertz CT molecular complexity index is 866. The largest absolute Gasteiger partial charge is 0.356 e. The first-order chi connectivity index (χ1) is 13.6. The lowest BCUT2D eigenvalue weighted by Crippen LogP contribution is -2.44. The molecule has 0 saturated carbocycles. The maximum atomic E-state index is 12.6. The summed E-state index contributed by atoms with van der Waals surface area (Å²) in [5.74, 6) is 1.01. The number of amides is 2. The molecule has 4 heterocycles. The van der Waals surface area contributed by atoms with Crippen molar-refractivity contribution in [1.82, 2.24) is 25.3 Å². The molecule has 0 radical (unpaired) electrons. The molecular weight excluding hydrogens is 360 g/mol. The molecule has 0 aliphatic carbocycles. The molecular formula is C19H26N6O3. The zero-order valence-electron chi connectivity index (χ0n) is 16.2. The van der Waals surface area contributed by atoms with E-state index in [9.17, 15) is 9.59 Å². The quantitative estimate of drug-likeness (QED) is 0.746. The van der Waals surface area contributed by atoms with Crippen molar-refractivity contribution in [1.29, 1.82) is 0 Å². The van der Waals surface area contributed by atoms with Crippen molar-refractivity contribution in [2.24, 2.45) is 5.92 Å². The fraction of sp³-hybridized carbons (Fsp3) is 0.632. The number of hydrogen-bond acceptors (Lipinski definition) is 7. The lowest BCUT2D eigenvalue weighted by Gasteiger charge is -2.33. The van der Waals surface area contributed by atoms with Gasteiger partial charge in [-0.1, -0.05) is 5.16 Å². The molecule has 2 fully saturated rings. The summed E-state index contributed by atoms with van der Waals surface area (Å²) in [5.41, 5.74) is 1.24. The molecule has 0 unspecified atom stereocenters. The van der Waals surface area contributed by atoms with Crippen LogP contribution < -0.4 is 10.2 Å². The molecule has 1 atom stereocenters. The van der Waals surface area contributed by atoms with E-state index in [4.69, 9.17) is 4.52 Å². The number of piperidine rings is 1. The van der Waals surface area contributed by atoms with Gasteiger partial charge in [0.15, 0.2) is 0 Å². The maximum Gasteiger partial charge on any atom is 0.263 e. The van der Waals surface area contributed by atoms with Gasteiger partial charge in [0, 0.05) is 39.1 Å². The van der Waals surface area contributed by atoms with Crippen molar-refractivity contribution in [3.05, 3.63) is 12.0 Å². The number of aromatic nitrogens is 3. The van der Waals surface area contributed by atoms with Gasteiger partial charge < -0.3 is 19.6 Å². The first-order valence-corrected chi connectivity index (χ1v) is 10.0. The first-order valence-electron chi connectivity index (χ1n) is 10.0. The SMILES string of the molecule is Cc1noc2ncnc(N3CCC[C@H](C(=O)NCCCN4CCCC4=O)C3)c12. The molecule has 2 aromatic heterocycles. The molecule has 2 aliphatic heterocycles. The Balaban J connectivity index is 1.32. The predicted octanol–water partition coefficient (Wildman–Crippen LogP) is 1.27. The molecule has 150 valence electrons. The third-order valence-electron chi connectivity index (χ3n) is 5.59. The lowest BCUT2D eigenvalue weighted by molar-refractivity contribution is -0.127. The van der Waals surface area contributed by atoms with Gasteiger partial charge in [-0.15, -0.1) is 0 Å². The summed E-state index contributed by atoms with van der Waals surface area (Å²) in [6.07, 6.45) is 5.67. The van der Waals surface area contributed by atoms with Crippen molar-refractivity contribution < 1.29 is 14.1 Å². The Morgan fingerprint density at radius 3 is 3.04 bits per heavy atom. The van der Waals surface area contributed by atoms with E-state index >= 15 is 0 Å². The van der Waals surface area contributed by atoms with Gasteiger partial charge >= 0.3 is 0 Å². The molecule has 28 heavy (non-hydrogen) atoms. The second-order valence-corrected chi connectivity index (χ2v) is 7.56. The molecule has 9 nitrogen and oxygen atoms in total. The maximum absolute atomic E-state index is 12.6. The minimum atomic E-state index is -0.0765. The second-order valence-electron chi connectivity index (χ2n) is 7.56. The number of nitrogens with zero attached hydrogens (tertiary/aromatic N) is 5. The molecule has 2 saturated heterocycles. The lowest BCUT2D eigenvalue weighted by atomic mass is 9.97. The minimum Gasteiger partial charge on any atom is -0.356 e. The predicted molar refractivity (Wildman–Crippen MR) is 103 cm³/mol. The van der Waals surface area contributed by atoms with Crippen LogP contribution in [0.5, 0.6) is 0 Å². The van der Waals surface area contributed by atoms with Crippen LogP contribution in [0.1, 0.15) is 37.8 Å². The van der Waals surface area contributed by atoms with E-state index in [0.717, 1.165) is 62.2 Å². The zero-order chi connectivity index (χ0) is 19.5. The third kappa shape index (κ3) is 3.79. The average Bonchev–Trinajstić information content (AvgIpc) is 3.30. The zero-order valence-corrected chi connectivity index (χ0v) is 16.2. The van der Waals surface area contributed by atoms with Crippen molar-refractivity contribution in [2.45, 2.75) is 39.0 Å². The van der Waals surface area contributed by atoms with Crippen LogP contribution in [-0.2, 0) is 9.59 Å². The van der Waals surface area contributed by atoms with Gasteiger partial charge in [0.2, 0.25) is 11.8 Å². The Hall–Kier alpha value is -2.71. The van der Waals surface area contributed by atoms with Crippen molar-refractivity contribution in [3.8, 4) is 0 Å². The van der Waals surface area contributed by atoms with Crippen LogP contribution in [0.15, 0.2) is 10.9 Å². The molecule has 0 bridgehead atoms. The number of anilines is 1. The number of likely N-dealkylation sites (tertiary alicyclic amines) is 1. The van der Waals surface area contributed by atoms with Crippen LogP contribution in [0.2, 0.25) is 0 Å². The summed E-state index contributed by atoms with van der Waals surface area (Å²) in [7, 11) is 0. The van der Waals surface area contributed by atoms with E-state index in [1.165, 1.54) is 6.33 Å². The fourth-order valence-electron chi connectivity index (χ4n) is 4.09. The number of carbonyl (C=O) groups excluding carboxylic acids is 2. The summed E-state index contributed by atoms with van der Waals surface area (Å²) < 4.78 is 5.23. The Morgan fingerprint density at radius 2 is 2.21 bits per heavy atom. The molecule has 1 N–H and O–H groups in total. The number of aryl methyl sites for hydroxylation is 1. The monoisotopic (exact) mass is 386 g/mol. The second kappa shape index (κ2) is 8.12. The van der Waals surface area contributed by atoms with Gasteiger partial charge in [-0.05, 0) is 32.6 Å². The van der Waals surface area contributed by atoms with Crippen LogP contribution in [0.3, 0.4) is 0 Å². The number of nitrogens with one attached hydrogen (secondary N) is 1. The van der Waals surface area contributed by atoms with Crippen molar-refractivity contribution in [2.75, 3.05) is 37.6 Å². The molecule has 2 amide bonds. The Labute approximate surface area is 163 Å². The standard InChI is InChI=1S/C19H26N6O3/c1-13-16-17(21-12-22-19(16)28-23-13)25-9-2-5-14(11-25)18(27)20-7-4-10-24-8-3-6-15(24)26/h12,14H,2-11H2,1H3,(H,20,27)/t14-/m0/s1. The van der Waals surface area contributed by atoms with E-state index in [1.54, 1.807) is 0 Å². The highest BCUT2D eigenvalue weighted by atomic mass is 16.5. The highest BCUT2D eigenvalue weighted by Crippen LogP contribution is 2.29. The summed E-state index contributed by atoms with van der Waals surface area (Å²) >= 11 is 0. The van der Waals surface area contributed by atoms with E-state index in [2.05, 4.69) is 25.3 Å². The highest BCUT2D eigenvalue weighted by molar-refractivity contribution is 5.88. The third-order valence-corrected chi connectivity index (χ3v) is 5.59. The van der Waals surface area contributed by atoms with Gasteiger partial charge in [-0.25, -0.2) is 4.98 Å². The molecule has 4 rings (SSSR count). The number of fused-ring (bicyclic) bond motifs is 1. The van der Waals surface area contributed by atoms with Crippen LogP contribution >= 0.6 is 0 Å². The Morgan fingerprint density at radius 1 is 1.32 bits per heavy atom. The van der Waals surface area contributed by atoms with Gasteiger partial charge in [0.25, 0.3) is 5.71 Å². The van der Waals surface area contributed by atoms with Crippen LogP contribution in [0.4, 0.5) is 5.82 Å². The molecule has 0 aromatic carbocycles. The number of carbonyl (C=O) groups is 2. The van der Waals surface area contributed by atoms with Gasteiger partial charge in [0.1, 0.15) is 17.5 Å². The van der Waals surface area contributed by atoms with Crippen LogP contribution in [-0.4, -0.2) is 64.6 Å². The molecule has 0 spiro atoms. The fourth-order valence-corrected chi connectivity index (χ4v) is 4.09. The highest BCUT2D eigenvalue weighted by Gasteiger charge is 2.28. The van der Waals surface area contributed by atoms with Crippen LogP contribution in [0, 0.1) is 12.8 Å². The normalized spacial score (nSPS) is 20.2. The van der Waals surface area contributed by atoms with E-state index < -0.39 is 0 Å². The number of hydrogen-bond donors (Lipinski definition) is 1. The van der Waals surface area contributed by atoms with Gasteiger partial charge in [0.05, 0.1) is 11.6 Å². The topological polar surface area (TPSA) is 104 Å². The minimum absolute atomic E-state index is 0.0739. The Kier molecular flexibility index (Phi) is 5.40. The smallest absolute Gasteiger partial charge is 0.263 e. The average molecular weight is 386 g/mol. The van der Waals surface area contributed by atoms with Crippen molar-refractivity contribution in [3.63, 3.8) is 0 Å². The van der Waals surface area contributed by atoms with Crippen LogP contribution in [0.25, 0.3) is 11.1 Å². The van der Waals surface area contributed by atoms with Crippen molar-refractivity contribution >= 4 is 28.7 Å². The van der Waals surface area contributed by atoms with E-state index in [-0.39, 0.29) is 17.7 Å². The molecule has 2 aliphatic rings.